The number of benzene rings is 1. The smallest absolute Gasteiger partial charge is 0.263 e. The Morgan fingerprint density at radius 1 is 1.00 bits per heavy atom. The van der Waals surface area contributed by atoms with Gasteiger partial charge in [0.05, 0.1) is 0 Å². The Hall–Kier alpha value is -1.81. The van der Waals surface area contributed by atoms with Gasteiger partial charge in [0.2, 0.25) is 0 Å². The molecule has 0 spiro atoms. The Labute approximate surface area is 97.6 Å². The lowest BCUT2D eigenvalue weighted by atomic mass is 10.0. The highest BCUT2D eigenvalue weighted by Gasteiger charge is 2.13. The molecule has 0 saturated heterocycles. The molecule has 0 aliphatic carbocycles. The van der Waals surface area contributed by atoms with Crippen molar-refractivity contribution in [3.63, 3.8) is 0 Å². The van der Waals surface area contributed by atoms with Crippen LogP contribution in [0.1, 0.15) is 29.2 Å². The normalized spacial score (nSPS) is 12.7. The Bertz CT molecular complexity index is 488. The number of nitrogens with zero attached hydrogens (tertiary/aromatic N) is 1. The van der Waals surface area contributed by atoms with Crippen LogP contribution in [-0.2, 0) is 0 Å². The predicted molar refractivity (Wildman–Crippen MR) is 59.7 cm³/mol. The summed E-state index contributed by atoms with van der Waals surface area (Å²) in [4.78, 5) is 3.88. The van der Waals surface area contributed by atoms with Crippen LogP contribution in [0.3, 0.4) is 0 Å². The molecule has 17 heavy (non-hydrogen) atoms. The van der Waals surface area contributed by atoms with E-state index in [1.54, 1.807) is 24.4 Å². The van der Waals surface area contributed by atoms with Gasteiger partial charge in [0.1, 0.15) is 6.10 Å². The van der Waals surface area contributed by atoms with Crippen molar-refractivity contribution >= 4 is 0 Å². The molecule has 4 heteroatoms. The highest BCUT2D eigenvalue weighted by atomic mass is 19.3. The number of hydrogen-bond donors (Lipinski definition) is 1. The van der Waals surface area contributed by atoms with Crippen LogP contribution in [0.15, 0.2) is 48.8 Å². The number of alkyl halides is 2. The van der Waals surface area contributed by atoms with Crippen molar-refractivity contribution in [3.8, 4) is 0 Å². The van der Waals surface area contributed by atoms with Gasteiger partial charge in [-0.15, -0.1) is 0 Å². The molecule has 88 valence electrons. The monoisotopic (exact) mass is 235 g/mol. The first-order valence-electron chi connectivity index (χ1n) is 5.14. The quantitative estimate of drug-likeness (QED) is 0.886. The molecule has 2 nitrogen and oxygen atoms in total. The van der Waals surface area contributed by atoms with Crippen molar-refractivity contribution in [2.24, 2.45) is 0 Å². The van der Waals surface area contributed by atoms with Crippen molar-refractivity contribution in [1.29, 1.82) is 0 Å². The van der Waals surface area contributed by atoms with Crippen LogP contribution >= 0.6 is 0 Å². The Balaban J connectivity index is 2.31. The number of halogens is 2. The van der Waals surface area contributed by atoms with Gasteiger partial charge >= 0.3 is 0 Å². The average molecular weight is 235 g/mol. The van der Waals surface area contributed by atoms with E-state index in [4.69, 9.17) is 0 Å². The molecular formula is C13H11F2NO. The van der Waals surface area contributed by atoms with Gasteiger partial charge in [-0.1, -0.05) is 24.3 Å². The Morgan fingerprint density at radius 3 is 2.35 bits per heavy atom. The van der Waals surface area contributed by atoms with Crippen molar-refractivity contribution in [3.05, 3.63) is 65.5 Å². The second-order valence-electron chi connectivity index (χ2n) is 3.66. The fraction of sp³-hybridized carbons (Fsp3) is 0.154. The van der Waals surface area contributed by atoms with E-state index < -0.39 is 12.5 Å². The molecule has 1 atom stereocenters. The number of pyridine rings is 1. The zero-order valence-corrected chi connectivity index (χ0v) is 8.92. The second kappa shape index (κ2) is 5.01. The van der Waals surface area contributed by atoms with Crippen LogP contribution in [0.4, 0.5) is 8.78 Å². The van der Waals surface area contributed by atoms with E-state index in [9.17, 15) is 13.9 Å². The molecule has 2 aromatic rings. The van der Waals surface area contributed by atoms with E-state index in [2.05, 4.69) is 4.98 Å². The van der Waals surface area contributed by atoms with E-state index in [1.165, 1.54) is 24.4 Å². The summed E-state index contributed by atoms with van der Waals surface area (Å²) in [6.45, 7) is 0. The van der Waals surface area contributed by atoms with E-state index in [-0.39, 0.29) is 5.56 Å². The molecule has 0 aliphatic heterocycles. The van der Waals surface area contributed by atoms with E-state index in [1.807, 2.05) is 0 Å². The molecule has 0 amide bonds. The lowest BCUT2D eigenvalue weighted by Crippen LogP contribution is -2.00. The second-order valence-corrected chi connectivity index (χ2v) is 3.66. The molecule has 0 fully saturated rings. The van der Waals surface area contributed by atoms with Gasteiger partial charge < -0.3 is 5.11 Å². The Kier molecular flexibility index (Phi) is 3.44. The van der Waals surface area contributed by atoms with Gasteiger partial charge in [-0.3, -0.25) is 4.98 Å². The summed E-state index contributed by atoms with van der Waals surface area (Å²) >= 11 is 0. The van der Waals surface area contributed by atoms with Crippen LogP contribution in [0.25, 0.3) is 0 Å². The molecule has 0 saturated carbocycles. The molecule has 0 radical (unpaired) electrons. The lowest BCUT2D eigenvalue weighted by molar-refractivity contribution is 0.150. The highest BCUT2D eigenvalue weighted by Crippen LogP contribution is 2.25. The SMILES string of the molecule is OC(c1cccnc1)c1cccc(C(F)F)c1. The zero-order valence-electron chi connectivity index (χ0n) is 8.92. The van der Waals surface area contributed by atoms with Gasteiger partial charge in [-0.25, -0.2) is 8.78 Å². The lowest BCUT2D eigenvalue weighted by Gasteiger charge is -2.12. The van der Waals surface area contributed by atoms with Crippen molar-refractivity contribution in [1.82, 2.24) is 4.98 Å². The topological polar surface area (TPSA) is 33.1 Å². The fourth-order valence-corrected chi connectivity index (χ4v) is 1.59. The van der Waals surface area contributed by atoms with Crippen LogP contribution in [0.2, 0.25) is 0 Å². The zero-order chi connectivity index (χ0) is 12.3. The summed E-state index contributed by atoms with van der Waals surface area (Å²) in [5.41, 5.74) is 0.931. The summed E-state index contributed by atoms with van der Waals surface area (Å²) < 4.78 is 25.0. The van der Waals surface area contributed by atoms with Crippen molar-refractivity contribution < 1.29 is 13.9 Å². The van der Waals surface area contributed by atoms with Gasteiger partial charge in [0.25, 0.3) is 6.43 Å². The van der Waals surface area contributed by atoms with Gasteiger partial charge in [0, 0.05) is 23.5 Å². The van der Waals surface area contributed by atoms with Gasteiger partial charge in [-0.2, -0.15) is 0 Å². The minimum absolute atomic E-state index is 0.0922. The van der Waals surface area contributed by atoms with Crippen LogP contribution < -0.4 is 0 Å². The minimum Gasteiger partial charge on any atom is -0.384 e. The summed E-state index contributed by atoms with van der Waals surface area (Å²) in [5.74, 6) is 0. The molecule has 1 unspecified atom stereocenters. The van der Waals surface area contributed by atoms with Crippen molar-refractivity contribution in [2.75, 3.05) is 0 Å². The maximum atomic E-state index is 12.5. The number of hydrogen-bond acceptors (Lipinski definition) is 2. The largest absolute Gasteiger partial charge is 0.384 e. The Morgan fingerprint density at radius 2 is 1.71 bits per heavy atom. The summed E-state index contributed by atoms with van der Waals surface area (Å²) in [5, 5.41) is 10.0. The number of aromatic nitrogens is 1. The average Bonchev–Trinajstić information content (AvgIpc) is 2.39. The minimum atomic E-state index is -2.53. The standard InChI is InChI=1S/C13H11F2NO/c14-13(15)10-4-1-3-9(7-10)12(17)11-5-2-6-16-8-11/h1-8,12-13,17H. The molecule has 1 heterocycles. The maximum absolute atomic E-state index is 12.5. The molecule has 1 aromatic heterocycles. The molecular weight excluding hydrogens is 224 g/mol. The number of aliphatic hydroxyl groups is 1. The first-order chi connectivity index (χ1) is 8.18. The third-order valence-corrected chi connectivity index (χ3v) is 2.48. The van der Waals surface area contributed by atoms with E-state index in [0.717, 1.165) is 0 Å². The van der Waals surface area contributed by atoms with Gasteiger partial charge in [-0.05, 0) is 17.7 Å². The molecule has 0 aliphatic rings. The van der Waals surface area contributed by atoms with E-state index in [0.29, 0.717) is 11.1 Å². The summed E-state index contributed by atoms with van der Waals surface area (Å²) in [6, 6.07) is 9.16. The first kappa shape index (κ1) is 11.7. The van der Waals surface area contributed by atoms with Crippen molar-refractivity contribution in [2.45, 2.75) is 12.5 Å². The number of aliphatic hydroxyl groups excluding tert-OH is 1. The highest BCUT2D eigenvalue weighted by molar-refractivity contribution is 5.31. The van der Waals surface area contributed by atoms with Gasteiger partial charge in [0.15, 0.2) is 0 Å². The molecule has 0 bridgehead atoms. The molecule has 1 aromatic carbocycles. The van der Waals surface area contributed by atoms with Crippen LogP contribution in [0.5, 0.6) is 0 Å². The third-order valence-electron chi connectivity index (χ3n) is 2.48. The van der Waals surface area contributed by atoms with Crippen LogP contribution in [0, 0.1) is 0 Å². The fourth-order valence-electron chi connectivity index (χ4n) is 1.59. The maximum Gasteiger partial charge on any atom is 0.263 e. The number of rotatable bonds is 3. The van der Waals surface area contributed by atoms with Crippen LogP contribution in [-0.4, -0.2) is 10.1 Å². The summed E-state index contributed by atoms with van der Waals surface area (Å²) in [6.07, 6.45) is -0.357. The van der Waals surface area contributed by atoms with E-state index >= 15 is 0 Å². The molecule has 1 N–H and O–H groups in total. The summed E-state index contributed by atoms with van der Waals surface area (Å²) in [7, 11) is 0. The first-order valence-corrected chi connectivity index (χ1v) is 5.14. The predicted octanol–water partition coefficient (Wildman–Crippen LogP) is 3.10. The molecule has 2 rings (SSSR count). The third kappa shape index (κ3) is 2.65.